The zero-order valence-electron chi connectivity index (χ0n) is 23.2. The summed E-state index contributed by atoms with van der Waals surface area (Å²) >= 11 is 0. The second kappa shape index (κ2) is 10.2. The quantitative estimate of drug-likeness (QED) is 0.208. The van der Waals surface area contributed by atoms with Gasteiger partial charge in [0.2, 0.25) is 0 Å². The third-order valence-corrected chi connectivity index (χ3v) is 10.7. The van der Waals surface area contributed by atoms with Crippen LogP contribution in [0, 0.1) is 72.6 Å². The van der Waals surface area contributed by atoms with Crippen LogP contribution >= 0.6 is 0 Å². The molecule has 0 aromatic carbocycles. The summed E-state index contributed by atoms with van der Waals surface area (Å²) in [4.78, 5) is 27.0. The molecule has 2 bridgehead atoms. The van der Waals surface area contributed by atoms with Crippen molar-refractivity contribution in [3.63, 3.8) is 0 Å². The van der Waals surface area contributed by atoms with Gasteiger partial charge in [0.25, 0.3) is 0 Å². The van der Waals surface area contributed by atoms with E-state index in [1.54, 1.807) is 41.7 Å². The first-order chi connectivity index (χ1) is 16.5. The maximum atomic E-state index is 14.2. The molecule has 1 radical (unpaired) electrons. The van der Waals surface area contributed by atoms with Crippen molar-refractivity contribution in [1.82, 2.24) is 5.32 Å². The molecule has 4 rings (SSSR count). The smallest absolute Gasteiger partial charge is 0.337 e. The van der Waals surface area contributed by atoms with Crippen molar-refractivity contribution in [1.29, 1.82) is 0 Å². The van der Waals surface area contributed by atoms with Gasteiger partial charge in [-0.25, -0.2) is 4.79 Å². The Bertz CT molecular complexity index is 985. The number of Topliss-reactive ketones (excluding diaryl/α,β-unsaturated/α-hetero) is 1. The molecule has 1 aliphatic heterocycles. The predicted octanol–water partition coefficient (Wildman–Crippen LogP) is 0.716. The van der Waals surface area contributed by atoms with Crippen LogP contribution in [0.3, 0.4) is 0 Å². The minimum Gasteiger partial charge on any atom is -0.456 e. The summed E-state index contributed by atoms with van der Waals surface area (Å²) in [5.74, 6) is -2.75. The van der Waals surface area contributed by atoms with Gasteiger partial charge in [-0.15, -0.1) is 0 Å². The second-order valence-electron chi connectivity index (χ2n) is 12.5. The molecule has 4 aliphatic rings. The first-order valence-electron chi connectivity index (χ1n) is 13.1. The molecule has 8 unspecified atom stereocenters. The Morgan fingerprint density at radius 2 is 1.81 bits per heavy atom. The van der Waals surface area contributed by atoms with Crippen LogP contribution in [0.15, 0.2) is 11.1 Å². The molecular weight excluding hydrogens is 693 g/mol. The van der Waals surface area contributed by atoms with Crippen molar-refractivity contribution in [2.24, 2.45) is 28.6 Å². The molecule has 207 valence electrons. The van der Waals surface area contributed by atoms with E-state index >= 15 is 0 Å². The number of carbonyl (C=O) groups excluding carboxylic acids is 2. The summed E-state index contributed by atoms with van der Waals surface area (Å²) in [6.45, 7) is 12.6. The van der Waals surface area contributed by atoms with Gasteiger partial charge < -0.3 is 35.2 Å². The number of aliphatic hydroxyl groups excluding tert-OH is 2. The summed E-state index contributed by atoms with van der Waals surface area (Å²) in [7, 11) is 1.62. The minimum atomic E-state index is -1.55. The van der Waals surface area contributed by atoms with E-state index in [-0.39, 0.29) is 63.0 Å². The van der Waals surface area contributed by atoms with Crippen molar-refractivity contribution in [3.05, 3.63) is 11.1 Å². The van der Waals surface area contributed by atoms with Gasteiger partial charge in [0.15, 0.2) is 11.9 Å². The van der Waals surface area contributed by atoms with Crippen LogP contribution in [-0.4, -0.2) is 87.5 Å². The Morgan fingerprint density at radius 1 is 1.22 bits per heavy atom. The first kappa shape index (κ1) is 31.6. The number of likely N-dealkylation sites (N-methyl/N-ethyl adjacent to an activating group) is 1. The third kappa shape index (κ3) is 4.18. The minimum absolute atomic E-state index is 0. The van der Waals surface area contributed by atoms with Gasteiger partial charge in [0.05, 0.1) is 18.3 Å². The summed E-state index contributed by atoms with van der Waals surface area (Å²) < 4.78 is 11.4. The summed E-state index contributed by atoms with van der Waals surface area (Å²) in [5, 5.41) is 49.1. The Morgan fingerprint density at radius 3 is 2.32 bits per heavy atom. The van der Waals surface area contributed by atoms with Gasteiger partial charge >= 0.3 is 5.97 Å². The molecule has 3 aliphatic carbocycles. The van der Waals surface area contributed by atoms with E-state index in [1.807, 2.05) is 13.8 Å². The van der Waals surface area contributed by atoms with E-state index in [4.69, 9.17) is 9.47 Å². The fourth-order valence-electron chi connectivity index (χ4n) is 7.98. The average Bonchev–Trinajstić information content (AvgIpc) is 2.81. The normalized spacial score (nSPS) is 46.2. The number of ether oxygens (including phenoxy) is 2. The average molecular weight is 737 g/mol. The summed E-state index contributed by atoms with van der Waals surface area (Å²) in [5.41, 5.74) is -4.19. The molecule has 3 fully saturated rings. The van der Waals surface area contributed by atoms with Crippen molar-refractivity contribution in [2.75, 3.05) is 13.7 Å². The van der Waals surface area contributed by atoms with Crippen LogP contribution in [0.4, 0.5) is 0 Å². The predicted molar refractivity (Wildman–Crippen MR) is 131 cm³/mol. The zero-order valence-corrected chi connectivity index (χ0v) is 28.0. The largest absolute Gasteiger partial charge is 0.456 e. The molecule has 1 heterocycles. The molecule has 0 aromatic rings. The van der Waals surface area contributed by atoms with Gasteiger partial charge in [0.1, 0.15) is 17.8 Å². The first-order valence-corrected chi connectivity index (χ1v) is 13.1. The Hall–Kier alpha value is 0.0816. The molecule has 0 aromatic heterocycles. The van der Waals surface area contributed by atoms with E-state index in [0.717, 1.165) is 0 Å². The SMILES string of the molecule is CNC(C)C(O)C(=O)OC1CC2(O)[C@@H](C)C3C4(O)COC4C[C@H](C)[C@@]3(C)C(=O)C(O)C(=C1C)C2(C)C.[Ac]. The van der Waals surface area contributed by atoms with Crippen LogP contribution in [0.5, 0.6) is 0 Å². The van der Waals surface area contributed by atoms with E-state index in [9.17, 15) is 30.0 Å². The van der Waals surface area contributed by atoms with Crippen molar-refractivity contribution in [3.8, 4) is 0 Å². The van der Waals surface area contributed by atoms with Crippen molar-refractivity contribution < 1.29 is 83.6 Å². The molecule has 0 spiro atoms. The summed E-state index contributed by atoms with van der Waals surface area (Å²) in [6.07, 6.45) is -3.89. The van der Waals surface area contributed by atoms with Gasteiger partial charge in [0, 0.05) is 73.3 Å². The molecule has 0 amide bonds. The van der Waals surface area contributed by atoms with Gasteiger partial charge in [-0.2, -0.15) is 0 Å². The molecule has 1 saturated heterocycles. The van der Waals surface area contributed by atoms with E-state index in [0.29, 0.717) is 17.6 Å². The number of esters is 1. The molecule has 2 saturated carbocycles. The fraction of sp³-hybridized carbons (Fsp3) is 0.852. The van der Waals surface area contributed by atoms with Crippen molar-refractivity contribution in [2.45, 2.75) is 103 Å². The summed E-state index contributed by atoms with van der Waals surface area (Å²) in [6, 6.07) is -0.556. The number of hydrogen-bond acceptors (Lipinski definition) is 9. The Labute approximate surface area is 255 Å². The molecule has 37 heavy (non-hydrogen) atoms. The Kier molecular flexibility index (Phi) is 8.69. The maximum absolute atomic E-state index is 14.2. The van der Waals surface area contributed by atoms with Crippen LogP contribution in [0.25, 0.3) is 0 Å². The third-order valence-electron chi connectivity index (χ3n) is 10.7. The molecule has 5 N–H and O–H groups in total. The monoisotopic (exact) mass is 736 g/mol. The number of rotatable bonds is 4. The van der Waals surface area contributed by atoms with Crippen LogP contribution < -0.4 is 5.32 Å². The maximum Gasteiger partial charge on any atom is 0.337 e. The van der Waals surface area contributed by atoms with Crippen LogP contribution in [0.2, 0.25) is 0 Å². The van der Waals surface area contributed by atoms with Crippen LogP contribution in [0.1, 0.15) is 61.3 Å². The standard InChI is InChI=1S/C27H43NO8.Ac/c1-12-9-17-26(33,11-35-17)21-14(3)27(34)10-16(36-23(32)19(29)15(4)28-8)13(2)18(24(27,5)6)20(30)22(31)25(12,21)7;/h12,14-17,19-21,28-30,33-34H,9-11H2,1-8H3;/t12-,14-,15?,16?,17?,19?,20?,21?,25+,26?,27?;/m0./s1. The number of hydrogen-bond donors (Lipinski definition) is 5. The van der Waals surface area contributed by atoms with Gasteiger partial charge in [-0.05, 0) is 50.3 Å². The number of nitrogens with one attached hydrogen (secondary N) is 1. The molecule has 11 atom stereocenters. The zero-order chi connectivity index (χ0) is 27.2. The van der Waals surface area contributed by atoms with E-state index < -0.39 is 76.1 Å². The number of aliphatic hydroxyl groups is 4. The van der Waals surface area contributed by atoms with E-state index in [1.165, 1.54) is 0 Å². The Balaban J connectivity index is 0.00000380. The second-order valence-corrected chi connectivity index (χ2v) is 12.5. The van der Waals surface area contributed by atoms with Gasteiger partial charge in [-0.1, -0.05) is 34.6 Å². The van der Waals surface area contributed by atoms with Crippen molar-refractivity contribution >= 4 is 11.8 Å². The topological polar surface area (TPSA) is 146 Å². The van der Waals surface area contributed by atoms with Gasteiger partial charge in [-0.3, -0.25) is 4.79 Å². The fourth-order valence-corrected chi connectivity index (χ4v) is 7.98. The van der Waals surface area contributed by atoms with Crippen LogP contribution in [-0.2, 0) is 19.1 Å². The number of ketones is 1. The molecular formula is C27H43AcNO8. The van der Waals surface area contributed by atoms with E-state index in [2.05, 4.69) is 5.32 Å². The molecule has 9 nitrogen and oxygen atoms in total. The molecule has 10 heteroatoms. The number of carbonyl (C=O) groups is 2. The number of fused-ring (bicyclic) bond motifs is 5.